The van der Waals surface area contributed by atoms with Crippen LogP contribution in [0.3, 0.4) is 0 Å². The van der Waals surface area contributed by atoms with Crippen molar-refractivity contribution in [1.29, 1.82) is 0 Å². The summed E-state index contributed by atoms with van der Waals surface area (Å²) < 4.78 is 5.38. The molecule has 5 rings (SSSR count). The van der Waals surface area contributed by atoms with Crippen LogP contribution < -0.4 is 10.1 Å². The molecule has 0 aliphatic carbocycles. The van der Waals surface area contributed by atoms with Crippen LogP contribution in [0.1, 0.15) is 69.3 Å². The second-order valence-electron chi connectivity index (χ2n) is 9.93. The third-order valence-electron chi connectivity index (χ3n) is 7.40. The number of methoxy groups -OCH3 is 1. The number of amides is 4. The highest BCUT2D eigenvalue weighted by molar-refractivity contribution is 6.06. The van der Waals surface area contributed by atoms with E-state index in [-0.39, 0.29) is 36.2 Å². The van der Waals surface area contributed by atoms with E-state index in [4.69, 9.17) is 4.74 Å². The Morgan fingerprint density at radius 3 is 2.58 bits per heavy atom. The normalized spacial score (nSPS) is 23.1. The lowest BCUT2D eigenvalue weighted by atomic mass is 10.00. The molecule has 3 heterocycles. The summed E-state index contributed by atoms with van der Waals surface area (Å²) in [5, 5.41) is 2.33. The smallest absolute Gasteiger partial charge is 0.255 e. The molecule has 0 saturated carbocycles. The van der Waals surface area contributed by atoms with Crippen molar-refractivity contribution < 1.29 is 23.9 Å². The maximum absolute atomic E-state index is 13.8. The summed E-state index contributed by atoms with van der Waals surface area (Å²) in [5.41, 5.74) is 3.87. The number of nitrogens with zero attached hydrogens (tertiary/aromatic N) is 3. The summed E-state index contributed by atoms with van der Waals surface area (Å²) in [6.45, 7) is 3.00. The number of hydrogen-bond acceptors (Lipinski definition) is 6. The molecule has 36 heavy (non-hydrogen) atoms. The van der Waals surface area contributed by atoms with Gasteiger partial charge in [0.2, 0.25) is 11.8 Å². The molecule has 1 saturated heterocycles. The predicted octanol–water partition coefficient (Wildman–Crippen LogP) is 2.28. The Balaban J connectivity index is 1.43. The van der Waals surface area contributed by atoms with E-state index in [0.717, 1.165) is 22.4 Å². The molecule has 2 aromatic rings. The van der Waals surface area contributed by atoms with E-state index in [1.54, 1.807) is 25.3 Å². The number of rotatable bonds is 5. The Kier molecular flexibility index (Phi) is 6.04. The van der Waals surface area contributed by atoms with Crippen molar-refractivity contribution in [1.82, 2.24) is 20.0 Å². The van der Waals surface area contributed by atoms with Gasteiger partial charge >= 0.3 is 0 Å². The van der Waals surface area contributed by atoms with Gasteiger partial charge < -0.3 is 19.4 Å². The summed E-state index contributed by atoms with van der Waals surface area (Å²) in [7, 11) is 5.59. The van der Waals surface area contributed by atoms with Gasteiger partial charge in [-0.1, -0.05) is 6.07 Å². The number of ether oxygens (including phenoxy) is 1. The van der Waals surface area contributed by atoms with E-state index < -0.39 is 11.9 Å². The third kappa shape index (κ3) is 3.93. The molecule has 9 nitrogen and oxygen atoms in total. The fourth-order valence-corrected chi connectivity index (χ4v) is 5.61. The van der Waals surface area contributed by atoms with Crippen molar-refractivity contribution >= 4 is 23.6 Å². The number of likely N-dealkylation sites (N-methyl/N-ethyl adjacent to an activating group) is 1. The van der Waals surface area contributed by atoms with Gasteiger partial charge in [-0.2, -0.15) is 0 Å². The highest BCUT2D eigenvalue weighted by Gasteiger charge is 2.43. The van der Waals surface area contributed by atoms with Crippen LogP contribution in [-0.4, -0.2) is 72.1 Å². The van der Waals surface area contributed by atoms with Crippen molar-refractivity contribution in [2.45, 2.75) is 44.4 Å². The molecule has 9 heteroatoms. The first kappa shape index (κ1) is 24.0. The molecule has 3 atom stereocenters. The van der Waals surface area contributed by atoms with Gasteiger partial charge in [-0.25, -0.2) is 0 Å². The molecule has 0 unspecified atom stereocenters. The van der Waals surface area contributed by atoms with Gasteiger partial charge in [0.1, 0.15) is 11.8 Å². The molecule has 0 spiro atoms. The fraction of sp³-hybridized carbons (Fsp3) is 0.407. The zero-order valence-corrected chi connectivity index (χ0v) is 20.9. The van der Waals surface area contributed by atoms with E-state index in [9.17, 15) is 19.2 Å². The van der Waals surface area contributed by atoms with Crippen molar-refractivity contribution in [2.75, 3.05) is 27.7 Å². The average Bonchev–Trinajstić information content (AvgIpc) is 3.32. The third-order valence-corrected chi connectivity index (χ3v) is 7.40. The van der Waals surface area contributed by atoms with Crippen LogP contribution in [0.25, 0.3) is 0 Å². The number of imide groups is 1. The minimum Gasteiger partial charge on any atom is -0.497 e. The zero-order valence-electron chi connectivity index (χ0n) is 20.9. The van der Waals surface area contributed by atoms with E-state index in [1.165, 1.54) is 4.90 Å². The maximum atomic E-state index is 13.8. The summed E-state index contributed by atoms with van der Waals surface area (Å²) in [4.78, 5) is 56.5. The van der Waals surface area contributed by atoms with Gasteiger partial charge in [0.05, 0.1) is 19.2 Å². The van der Waals surface area contributed by atoms with E-state index >= 15 is 0 Å². The van der Waals surface area contributed by atoms with E-state index in [2.05, 4.69) is 10.2 Å². The maximum Gasteiger partial charge on any atom is 0.255 e. The van der Waals surface area contributed by atoms with Gasteiger partial charge in [0.15, 0.2) is 0 Å². The van der Waals surface area contributed by atoms with E-state index in [1.807, 2.05) is 44.1 Å². The first-order chi connectivity index (χ1) is 17.2. The summed E-state index contributed by atoms with van der Waals surface area (Å²) in [6, 6.07) is 9.87. The van der Waals surface area contributed by atoms with E-state index in [0.29, 0.717) is 30.6 Å². The lowest BCUT2D eigenvalue weighted by molar-refractivity contribution is -0.137. The number of hydrogen-bond donors (Lipinski definition) is 1. The van der Waals surface area contributed by atoms with Crippen LogP contribution in [0.4, 0.5) is 0 Å². The molecule has 0 bridgehead atoms. The predicted molar refractivity (Wildman–Crippen MR) is 131 cm³/mol. The van der Waals surface area contributed by atoms with Gasteiger partial charge in [-0.15, -0.1) is 0 Å². The molecule has 3 aliphatic heterocycles. The lowest BCUT2D eigenvalue weighted by Crippen LogP contribution is -2.53. The minimum absolute atomic E-state index is 0.110. The van der Waals surface area contributed by atoms with Gasteiger partial charge in [-0.3, -0.25) is 24.5 Å². The first-order valence-corrected chi connectivity index (χ1v) is 12.1. The molecular formula is C27H30N4O5. The highest BCUT2D eigenvalue weighted by Crippen LogP contribution is 2.40. The Morgan fingerprint density at radius 2 is 1.89 bits per heavy atom. The molecule has 3 aliphatic rings. The zero-order chi connectivity index (χ0) is 25.7. The van der Waals surface area contributed by atoms with Crippen LogP contribution in [0.2, 0.25) is 0 Å². The number of fused-ring (bicyclic) bond motifs is 2. The molecule has 1 fully saturated rings. The Morgan fingerprint density at radius 1 is 1.11 bits per heavy atom. The van der Waals surface area contributed by atoms with Crippen LogP contribution >= 0.6 is 0 Å². The summed E-state index contributed by atoms with van der Waals surface area (Å²) in [5.74, 6) is -0.383. The molecule has 2 aromatic carbocycles. The number of carbonyl (C=O) groups excluding carboxylic acids is 4. The average molecular weight is 491 g/mol. The summed E-state index contributed by atoms with van der Waals surface area (Å²) in [6.07, 6.45) is 0.489. The minimum atomic E-state index is -0.704. The van der Waals surface area contributed by atoms with Gasteiger partial charge in [-0.05, 0) is 74.5 Å². The Hall–Kier alpha value is -3.72. The second-order valence-corrected chi connectivity index (χ2v) is 9.93. The van der Waals surface area contributed by atoms with Crippen molar-refractivity contribution in [3.63, 3.8) is 0 Å². The lowest BCUT2D eigenvalue weighted by Gasteiger charge is -2.33. The first-order valence-electron chi connectivity index (χ1n) is 12.1. The summed E-state index contributed by atoms with van der Waals surface area (Å²) >= 11 is 0. The van der Waals surface area contributed by atoms with Crippen LogP contribution in [-0.2, 0) is 16.1 Å². The number of piperidine rings is 1. The molecule has 0 radical (unpaired) electrons. The van der Waals surface area contributed by atoms with Crippen LogP contribution in [0.15, 0.2) is 36.4 Å². The Bertz CT molecular complexity index is 1270. The monoisotopic (exact) mass is 490 g/mol. The Labute approximate surface area is 210 Å². The van der Waals surface area contributed by atoms with Crippen molar-refractivity contribution in [3.8, 4) is 5.75 Å². The standard InChI is InChI=1S/C27H30N4O5/c1-15-21-12-16(5-7-20(21)27(35)31(15)22-9-10-24(32)28-25(22)33)26(34)30-13-17-11-18(36-4)6-8-19(17)23(30)14-29(2)3/h5-8,11-12,15,22-23H,9-10,13-14H2,1-4H3,(H,28,32,33)/t15-,22+,23+/m1/s1. The van der Waals surface area contributed by atoms with Crippen LogP contribution in [0.5, 0.6) is 5.75 Å². The number of carbonyl (C=O) groups is 4. The highest BCUT2D eigenvalue weighted by atomic mass is 16.5. The van der Waals surface area contributed by atoms with Gasteiger partial charge in [0, 0.05) is 30.6 Å². The molecular weight excluding hydrogens is 460 g/mol. The fourth-order valence-electron chi connectivity index (χ4n) is 5.61. The molecule has 188 valence electrons. The van der Waals surface area contributed by atoms with Crippen LogP contribution in [0, 0.1) is 0 Å². The van der Waals surface area contributed by atoms with Crippen molar-refractivity contribution in [3.05, 3.63) is 64.2 Å². The van der Waals surface area contributed by atoms with Gasteiger partial charge in [0.25, 0.3) is 11.8 Å². The largest absolute Gasteiger partial charge is 0.497 e. The second kappa shape index (κ2) is 9.05. The molecule has 4 amide bonds. The number of nitrogens with one attached hydrogen (secondary N) is 1. The van der Waals surface area contributed by atoms with Crippen molar-refractivity contribution in [2.24, 2.45) is 0 Å². The quantitative estimate of drug-likeness (QED) is 0.646. The number of benzene rings is 2. The molecule has 1 N–H and O–H groups in total. The topological polar surface area (TPSA) is 99.3 Å². The SMILES string of the molecule is COc1ccc2c(c1)CN(C(=O)c1ccc3c(c1)[C@@H](C)N([C@H]1CCC(=O)NC1=O)C3=O)[C@H]2CN(C)C. The molecule has 0 aromatic heterocycles.